The standard InChI is InChI=1S/C6H8FN3O/c7-10-6(3-11)1-5-2-8-4-9-5/h2-4,6,10H,1H2,(H,8,9)/t6-/m1/s1. The summed E-state index contributed by atoms with van der Waals surface area (Å²) in [6.07, 6.45) is 3.84. The molecule has 0 fully saturated rings. The van der Waals surface area contributed by atoms with E-state index in [1.807, 2.05) is 0 Å². The number of carbonyl (C=O) groups is 1. The van der Waals surface area contributed by atoms with Crippen molar-refractivity contribution in [3.8, 4) is 0 Å². The zero-order valence-corrected chi connectivity index (χ0v) is 5.75. The zero-order chi connectivity index (χ0) is 8.10. The molecule has 0 aromatic carbocycles. The summed E-state index contributed by atoms with van der Waals surface area (Å²) < 4.78 is 11.7. The number of imidazole rings is 1. The molecule has 1 rings (SSSR count). The first-order valence-electron chi connectivity index (χ1n) is 3.15. The van der Waals surface area contributed by atoms with Gasteiger partial charge in [0.05, 0.1) is 12.4 Å². The summed E-state index contributed by atoms with van der Waals surface area (Å²) in [6.45, 7) is 0. The predicted octanol–water partition coefficient (Wildman–Crippen LogP) is -0.00620. The molecule has 0 aliphatic rings. The predicted molar refractivity (Wildman–Crippen MR) is 36.4 cm³/mol. The topological polar surface area (TPSA) is 57.8 Å². The zero-order valence-electron chi connectivity index (χ0n) is 5.75. The SMILES string of the molecule is O=C[C@@H](Cc1cnc[nH]1)NF. The molecule has 11 heavy (non-hydrogen) atoms. The molecule has 0 spiro atoms. The molecular weight excluding hydrogens is 149 g/mol. The van der Waals surface area contributed by atoms with E-state index in [0.29, 0.717) is 12.7 Å². The highest BCUT2D eigenvalue weighted by molar-refractivity contribution is 5.57. The Bertz CT molecular complexity index is 212. The van der Waals surface area contributed by atoms with Gasteiger partial charge in [0, 0.05) is 18.3 Å². The highest BCUT2D eigenvalue weighted by atomic mass is 19.2. The average Bonchev–Trinajstić information content (AvgIpc) is 2.52. The Morgan fingerprint density at radius 2 is 2.73 bits per heavy atom. The Balaban J connectivity index is 2.47. The van der Waals surface area contributed by atoms with Crippen molar-refractivity contribution in [1.29, 1.82) is 0 Å². The summed E-state index contributed by atoms with van der Waals surface area (Å²) in [5.74, 6) is 0. The van der Waals surface area contributed by atoms with Crippen molar-refractivity contribution in [2.24, 2.45) is 0 Å². The molecule has 0 saturated carbocycles. The molecule has 2 N–H and O–H groups in total. The largest absolute Gasteiger partial charge is 0.348 e. The van der Waals surface area contributed by atoms with Gasteiger partial charge in [-0.3, -0.25) is 0 Å². The van der Waals surface area contributed by atoms with Crippen LogP contribution >= 0.6 is 0 Å². The highest BCUT2D eigenvalue weighted by Crippen LogP contribution is 1.95. The normalized spacial score (nSPS) is 12.8. The summed E-state index contributed by atoms with van der Waals surface area (Å²) in [5.41, 5.74) is 2.10. The number of nitrogens with zero attached hydrogens (tertiary/aromatic N) is 1. The van der Waals surface area contributed by atoms with Gasteiger partial charge in [-0.2, -0.15) is 0 Å². The first-order chi connectivity index (χ1) is 5.36. The number of hydrogen-bond acceptors (Lipinski definition) is 3. The van der Waals surface area contributed by atoms with Gasteiger partial charge in [0.15, 0.2) is 0 Å². The second-order valence-electron chi connectivity index (χ2n) is 2.13. The minimum Gasteiger partial charge on any atom is -0.348 e. The molecule has 1 aromatic rings. The Kier molecular flexibility index (Phi) is 2.74. The lowest BCUT2D eigenvalue weighted by Crippen LogP contribution is -2.25. The number of aromatic amines is 1. The minimum atomic E-state index is -0.782. The van der Waals surface area contributed by atoms with Gasteiger partial charge in [0.1, 0.15) is 6.29 Å². The van der Waals surface area contributed by atoms with Gasteiger partial charge in [0.2, 0.25) is 0 Å². The quantitative estimate of drug-likeness (QED) is 0.477. The summed E-state index contributed by atoms with van der Waals surface area (Å²) in [7, 11) is 0. The van der Waals surface area contributed by atoms with Gasteiger partial charge in [-0.25, -0.2) is 4.98 Å². The summed E-state index contributed by atoms with van der Waals surface area (Å²) >= 11 is 0. The van der Waals surface area contributed by atoms with E-state index in [2.05, 4.69) is 9.97 Å². The number of H-pyrrole nitrogens is 1. The second-order valence-corrected chi connectivity index (χ2v) is 2.13. The first-order valence-corrected chi connectivity index (χ1v) is 3.15. The third-order valence-electron chi connectivity index (χ3n) is 1.30. The van der Waals surface area contributed by atoms with E-state index < -0.39 is 6.04 Å². The third kappa shape index (κ3) is 2.12. The third-order valence-corrected chi connectivity index (χ3v) is 1.30. The maximum Gasteiger partial charge on any atom is 0.139 e. The number of halogens is 1. The van der Waals surface area contributed by atoms with Crippen LogP contribution in [0.25, 0.3) is 0 Å². The van der Waals surface area contributed by atoms with Gasteiger partial charge >= 0.3 is 0 Å². The summed E-state index contributed by atoms with van der Waals surface area (Å²) in [4.78, 5) is 16.6. The molecule has 0 aliphatic heterocycles. The van der Waals surface area contributed by atoms with Crippen molar-refractivity contribution in [2.45, 2.75) is 12.5 Å². The number of hydrogen-bond donors (Lipinski definition) is 2. The van der Waals surface area contributed by atoms with E-state index in [0.717, 1.165) is 5.69 Å². The number of aromatic nitrogens is 2. The molecule has 0 amide bonds. The molecule has 0 radical (unpaired) electrons. The molecule has 0 aliphatic carbocycles. The van der Waals surface area contributed by atoms with Crippen LogP contribution in [0.3, 0.4) is 0 Å². The Morgan fingerprint density at radius 3 is 3.18 bits per heavy atom. The van der Waals surface area contributed by atoms with Crippen molar-refractivity contribution in [3.63, 3.8) is 0 Å². The number of carbonyl (C=O) groups excluding carboxylic acids is 1. The van der Waals surface area contributed by atoms with E-state index >= 15 is 0 Å². The lowest BCUT2D eigenvalue weighted by atomic mass is 10.2. The average molecular weight is 157 g/mol. The molecule has 5 heteroatoms. The Morgan fingerprint density at radius 1 is 1.91 bits per heavy atom. The van der Waals surface area contributed by atoms with Crippen LogP contribution in [-0.4, -0.2) is 22.3 Å². The summed E-state index contributed by atoms with van der Waals surface area (Å²) in [6, 6.07) is -0.782. The molecule has 1 aromatic heterocycles. The Hall–Kier alpha value is -1.23. The number of aldehydes is 1. The molecule has 0 saturated heterocycles. The second kappa shape index (κ2) is 3.82. The van der Waals surface area contributed by atoms with Gasteiger partial charge in [-0.1, -0.05) is 0 Å². The van der Waals surface area contributed by atoms with Crippen LogP contribution in [0.2, 0.25) is 0 Å². The van der Waals surface area contributed by atoms with E-state index in [1.165, 1.54) is 11.9 Å². The van der Waals surface area contributed by atoms with Crippen LogP contribution in [-0.2, 0) is 11.2 Å². The fourth-order valence-corrected chi connectivity index (χ4v) is 0.746. The molecule has 1 atom stereocenters. The molecular formula is C6H8FN3O. The van der Waals surface area contributed by atoms with Crippen LogP contribution in [0.5, 0.6) is 0 Å². The maximum absolute atomic E-state index is 11.7. The van der Waals surface area contributed by atoms with Crippen molar-refractivity contribution in [2.75, 3.05) is 0 Å². The van der Waals surface area contributed by atoms with Crippen LogP contribution in [0.1, 0.15) is 5.69 Å². The van der Waals surface area contributed by atoms with Crippen molar-refractivity contribution < 1.29 is 9.28 Å². The minimum absolute atomic E-state index is 0.292. The number of nitrogens with one attached hydrogen (secondary N) is 2. The van der Waals surface area contributed by atoms with Gasteiger partial charge in [0.25, 0.3) is 0 Å². The van der Waals surface area contributed by atoms with Crippen LogP contribution < -0.4 is 5.54 Å². The van der Waals surface area contributed by atoms with Crippen LogP contribution in [0, 0.1) is 0 Å². The monoisotopic (exact) mass is 157 g/mol. The lowest BCUT2D eigenvalue weighted by Gasteiger charge is -2.01. The van der Waals surface area contributed by atoms with E-state index in [-0.39, 0.29) is 0 Å². The van der Waals surface area contributed by atoms with Crippen LogP contribution in [0.15, 0.2) is 12.5 Å². The smallest absolute Gasteiger partial charge is 0.139 e. The maximum atomic E-state index is 11.7. The first kappa shape index (κ1) is 7.87. The number of rotatable bonds is 4. The van der Waals surface area contributed by atoms with E-state index in [4.69, 9.17) is 0 Å². The fourth-order valence-electron chi connectivity index (χ4n) is 0.746. The van der Waals surface area contributed by atoms with Gasteiger partial charge in [-0.15, -0.1) is 10.0 Å². The van der Waals surface area contributed by atoms with Crippen molar-refractivity contribution >= 4 is 6.29 Å². The van der Waals surface area contributed by atoms with Crippen molar-refractivity contribution in [1.82, 2.24) is 15.5 Å². The fraction of sp³-hybridized carbons (Fsp3) is 0.333. The van der Waals surface area contributed by atoms with E-state index in [1.54, 1.807) is 6.20 Å². The molecule has 0 unspecified atom stereocenters. The molecule has 0 bridgehead atoms. The highest BCUT2D eigenvalue weighted by Gasteiger charge is 2.07. The van der Waals surface area contributed by atoms with Crippen molar-refractivity contribution in [3.05, 3.63) is 18.2 Å². The van der Waals surface area contributed by atoms with Gasteiger partial charge in [-0.05, 0) is 0 Å². The molecule has 1 heterocycles. The van der Waals surface area contributed by atoms with E-state index in [9.17, 15) is 9.28 Å². The molecule has 60 valence electrons. The molecule has 4 nitrogen and oxygen atoms in total. The van der Waals surface area contributed by atoms with Crippen LogP contribution in [0.4, 0.5) is 4.48 Å². The Labute approximate surface area is 62.8 Å². The van der Waals surface area contributed by atoms with Gasteiger partial charge < -0.3 is 9.78 Å². The summed E-state index contributed by atoms with van der Waals surface area (Å²) in [5, 5.41) is 0. The lowest BCUT2D eigenvalue weighted by molar-refractivity contribution is -0.110.